The summed E-state index contributed by atoms with van der Waals surface area (Å²) in [6.07, 6.45) is 7.38. The van der Waals surface area contributed by atoms with Crippen LogP contribution in [0.4, 0.5) is 0 Å². The number of ether oxygens (including phenoxy) is 1. The monoisotopic (exact) mass is 277 g/mol. The normalized spacial score (nSPS) is 26.8. The molecule has 1 aromatic heterocycles. The van der Waals surface area contributed by atoms with E-state index in [9.17, 15) is 5.11 Å². The molecule has 0 aliphatic carbocycles. The summed E-state index contributed by atoms with van der Waals surface area (Å²) in [4.78, 5) is 11.2. The van der Waals surface area contributed by atoms with Crippen LogP contribution >= 0.6 is 0 Å². The molecule has 5 nitrogen and oxygen atoms in total. The van der Waals surface area contributed by atoms with Crippen molar-refractivity contribution in [3.05, 3.63) is 23.8 Å². The molecule has 0 unspecified atom stereocenters. The van der Waals surface area contributed by atoms with Crippen LogP contribution in [0.3, 0.4) is 0 Å². The number of β-amino-alcohol motifs (C(OH)–C–C–N with tert-alkyl or cyclic N) is 1. The predicted molar refractivity (Wildman–Crippen MR) is 75.3 cm³/mol. The molecule has 0 radical (unpaired) electrons. The lowest BCUT2D eigenvalue weighted by Crippen LogP contribution is -2.46. The number of likely N-dealkylation sites (tertiary alicyclic amines) is 1. The Bertz CT molecular complexity index is 460. The van der Waals surface area contributed by atoms with Gasteiger partial charge < -0.3 is 9.84 Å². The molecule has 1 N–H and O–H groups in total. The summed E-state index contributed by atoms with van der Waals surface area (Å²) in [6.45, 7) is 5.06. The van der Waals surface area contributed by atoms with Crippen molar-refractivity contribution in [2.75, 3.05) is 26.3 Å². The van der Waals surface area contributed by atoms with Gasteiger partial charge in [0.2, 0.25) is 0 Å². The van der Waals surface area contributed by atoms with Crippen molar-refractivity contribution >= 4 is 0 Å². The molecular weight excluding hydrogens is 254 g/mol. The van der Waals surface area contributed by atoms with Crippen molar-refractivity contribution in [2.24, 2.45) is 0 Å². The van der Waals surface area contributed by atoms with Crippen LogP contribution in [0.1, 0.15) is 43.1 Å². The van der Waals surface area contributed by atoms with Gasteiger partial charge >= 0.3 is 0 Å². The topological polar surface area (TPSA) is 58.5 Å². The molecule has 5 heteroatoms. The Morgan fingerprint density at radius 2 is 2.20 bits per heavy atom. The average molecular weight is 277 g/mol. The Labute approximate surface area is 120 Å². The van der Waals surface area contributed by atoms with E-state index in [0.29, 0.717) is 19.3 Å². The Balaban J connectivity index is 1.72. The van der Waals surface area contributed by atoms with Crippen LogP contribution < -0.4 is 0 Å². The van der Waals surface area contributed by atoms with E-state index in [4.69, 9.17) is 4.74 Å². The molecule has 20 heavy (non-hydrogen) atoms. The minimum atomic E-state index is -0.599. The fraction of sp³-hybridized carbons (Fsp3) is 0.733. The summed E-state index contributed by atoms with van der Waals surface area (Å²) < 4.78 is 5.36. The zero-order chi connectivity index (χ0) is 14.0. The molecular formula is C15H23N3O2. The first-order valence-electron chi connectivity index (χ1n) is 7.49. The molecule has 1 atom stereocenters. The maximum absolute atomic E-state index is 10.7. The summed E-state index contributed by atoms with van der Waals surface area (Å²) in [5, 5.41) is 10.7. The number of aliphatic hydroxyl groups is 1. The van der Waals surface area contributed by atoms with Gasteiger partial charge in [-0.2, -0.15) is 0 Å². The molecule has 0 spiro atoms. The lowest BCUT2D eigenvalue weighted by atomic mass is 9.93. The van der Waals surface area contributed by atoms with E-state index in [1.165, 1.54) is 0 Å². The van der Waals surface area contributed by atoms with Crippen LogP contribution in [0.25, 0.3) is 0 Å². The number of aromatic nitrogens is 2. The van der Waals surface area contributed by atoms with Crippen LogP contribution in [0.2, 0.25) is 0 Å². The van der Waals surface area contributed by atoms with Gasteiger partial charge in [-0.15, -0.1) is 0 Å². The number of hydrogen-bond acceptors (Lipinski definition) is 5. The van der Waals surface area contributed by atoms with Crippen LogP contribution in [0.15, 0.2) is 12.4 Å². The summed E-state index contributed by atoms with van der Waals surface area (Å²) in [5.74, 6) is 0. The summed E-state index contributed by atoms with van der Waals surface area (Å²) >= 11 is 0. The highest BCUT2D eigenvalue weighted by atomic mass is 16.5. The molecule has 110 valence electrons. The largest absolute Gasteiger partial charge is 0.388 e. The summed E-state index contributed by atoms with van der Waals surface area (Å²) in [7, 11) is 0. The molecule has 3 heterocycles. The first-order chi connectivity index (χ1) is 9.66. The van der Waals surface area contributed by atoms with Gasteiger partial charge in [0.1, 0.15) is 0 Å². The number of hydrogen-bond donors (Lipinski definition) is 1. The Morgan fingerprint density at radius 3 is 2.95 bits per heavy atom. The van der Waals surface area contributed by atoms with Gasteiger partial charge in [0.25, 0.3) is 0 Å². The minimum Gasteiger partial charge on any atom is -0.388 e. The lowest BCUT2D eigenvalue weighted by Gasteiger charge is -2.37. The average Bonchev–Trinajstić information content (AvgIpc) is 2.87. The molecule has 2 saturated heterocycles. The van der Waals surface area contributed by atoms with Gasteiger partial charge in [-0.25, -0.2) is 0 Å². The molecule has 3 rings (SSSR count). The first-order valence-corrected chi connectivity index (χ1v) is 7.49. The second-order valence-corrected chi connectivity index (χ2v) is 6.05. The van der Waals surface area contributed by atoms with E-state index < -0.39 is 5.60 Å². The van der Waals surface area contributed by atoms with E-state index in [1.807, 2.05) is 13.1 Å². The van der Waals surface area contributed by atoms with Crippen LogP contribution in [-0.2, 0) is 4.74 Å². The van der Waals surface area contributed by atoms with E-state index >= 15 is 0 Å². The molecule has 0 aromatic carbocycles. The predicted octanol–water partition coefficient (Wildman–Crippen LogP) is 1.46. The highest BCUT2D eigenvalue weighted by Gasteiger charge is 2.36. The quantitative estimate of drug-likeness (QED) is 0.906. The standard InChI is InChI=1S/C15H23N3O2/c1-12-9-16-10-13(17-12)14-3-2-6-18(14)11-15(19)4-7-20-8-5-15/h9-10,14,19H,2-8,11H2,1H3/t14-/m0/s1. The molecule has 2 aliphatic heterocycles. The fourth-order valence-electron chi connectivity index (χ4n) is 3.28. The Kier molecular flexibility index (Phi) is 4.01. The van der Waals surface area contributed by atoms with Gasteiger partial charge in [0.05, 0.1) is 23.0 Å². The number of rotatable bonds is 3. The van der Waals surface area contributed by atoms with E-state index in [2.05, 4.69) is 14.9 Å². The fourth-order valence-corrected chi connectivity index (χ4v) is 3.28. The third-order valence-corrected chi connectivity index (χ3v) is 4.40. The maximum Gasteiger partial charge on any atom is 0.0818 e. The van der Waals surface area contributed by atoms with Crippen molar-refractivity contribution in [3.63, 3.8) is 0 Å². The SMILES string of the molecule is Cc1cncc([C@@H]2CCCN2CC2(O)CCOCC2)n1. The molecule has 0 saturated carbocycles. The lowest BCUT2D eigenvalue weighted by molar-refractivity contribution is -0.0817. The molecule has 0 bridgehead atoms. The van der Waals surface area contributed by atoms with Crippen molar-refractivity contribution in [3.8, 4) is 0 Å². The zero-order valence-electron chi connectivity index (χ0n) is 12.1. The van der Waals surface area contributed by atoms with E-state index in [1.54, 1.807) is 6.20 Å². The van der Waals surface area contributed by atoms with Gasteiger partial charge in [-0.3, -0.25) is 14.9 Å². The summed E-state index contributed by atoms with van der Waals surface area (Å²) in [6, 6.07) is 0.300. The maximum atomic E-state index is 10.7. The van der Waals surface area contributed by atoms with Gasteiger partial charge in [-0.05, 0) is 26.3 Å². The smallest absolute Gasteiger partial charge is 0.0818 e. The first kappa shape index (κ1) is 13.9. The molecule has 1 aromatic rings. The van der Waals surface area contributed by atoms with Gasteiger partial charge in [0, 0.05) is 45.0 Å². The molecule has 2 aliphatic rings. The second kappa shape index (κ2) is 5.76. The molecule has 0 amide bonds. The Morgan fingerprint density at radius 1 is 1.40 bits per heavy atom. The van der Waals surface area contributed by atoms with E-state index in [0.717, 1.165) is 50.2 Å². The highest BCUT2D eigenvalue weighted by molar-refractivity contribution is 5.09. The number of aryl methyl sites for hydroxylation is 1. The molecule has 2 fully saturated rings. The van der Waals surface area contributed by atoms with Gasteiger partial charge in [0.15, 0.2) is 0 Å². The van der Waals surface area contributed by atoms with Crippen molar-refractivity contribution in [2.45, 2.75) is 44.2 Å². The minimum absolute atomic E-state index is 0.300. The third kappa shape index (κ3) is 3.00. The van der Waals surface area contributed by atoms with Crippen molar-refractivity contribution < 1.29 is 9.84 Å². The van der Waals surface area contributed by atoms with Crippen molar-refractivity contribution in [1.29, 1.82) is 0 Å². The number of nitrogens with zero attached hydrogens (tertiary/aromatic N) is 3. The Hall–Kier alpha value is -1.04. The highest BCUT2D eigenvalue weighted by Crippen LogP contribution is 2.33. The second-order valence-electron chi connectivity index (χ2n) is 6.05. The van der Waals surface area contributed by atoms with Gasteiger partial charge in [-0.1, -0.05) is 0 Å². The van der Waals surface area contributed by atoms with Crippen LogP contribution in [0.5, 0.6) is 0 Å². The zero-order valence-corrected chi connectivity index (χ0v) is 12.1. The summed E-state index contributed by atoms with van der Waals surface area (Å²) in [5.41, 5.74) is 1.40. The third-order valence-electron chi connectivity index (χ3n) is 4.40. The van der Waals surface area contributed by atoms with Crippen LogP contribution in [0, 0.1) is 6.92 Å². The van der Waals surface area contributed by atoms with Crippen molar-refractivity contribution in [1.82, 2.24) is 14.9 Å². The van der Waals surface area contributed by atoms with E-state index in [-0.39, 0.29) is 0 Å². The van der Waals surface area contributed by atoms with Crippen LogP contribution in [-0.4, -0.2) is 51.9 Å².